The van der Waals surface area contributed by atoms with Crippen LogP contribution < -0.4 is 11.1 Å². The van der Waals surface area contributed by atoms with Crippen LogP contribution in [0.3, 0.4) is 0 Å². The highest BCUT2D eigenvalue weighted by Crippen LogP contribution is 2.31. The molecule has 1 aromatic rings. The van der Waals surface area contributed by atoms with Gasteiger partial charge in [0.2, 0.25) is 0 Å². The fourth-order valence-corrected chi connectivity index (χ4v) is 2.82. The fraction of sp³-hybridized carbons (Fsp3) is 0.500. The molecule has 2 rings (SSSR count). The van der Waals surface area contributed by atoms with Crippen molar-refractivity contribution in [2.24, 2.45) is 5.92 Å². The Bertz CT molecular complexity index is 414. The average Bonchev–Trinajstić information content (AvgIpc) is 2.73. The third-order valence-corrected chi connectivity index (χ3v) is 4.15. The highest BCUT2D eigenvalue weighted by atomic mass is 127. The number of rotatable bonds is 3. The maximum atomic E-state index is 13.5. The molecule has 3 nitrogen and oxygen atoms in total. The van der Waals surface area contributed by atoms with Crippen LogP contribution in [0.5, 0.6) is 0 Å². The molecule has 1 aromatic carbocycles. The van der Waals surface area contributed by atoms with Gasteiger partial charge in [0.15, 0.2) is 0 Å². The van der Waals surface area contributed by atoms with Crippen LogP contribution in [-0.4, -0.2) is 17.8 Å². The third kappa shape index (κ3) is 2.82. The number of nitrogens with two attached hydrogens (primary N) is 1. The molecule has 94 valence electrons. The van der Waals surface area contributed by atoms with Crippen molar-refractivity contribution < 1.29 is 9.50 Å². The fourth-order valence-electron chi connectivity index (χ4n) is 2.33. The minimum atomic E-state index is -0.263. The lowest BCUT2D eigenvalue weighted by Crippen LogP contribution is -2.26. The minimum Gasteiger partial charge on any atom is -0.397 e. The molecule has 2 atom stereocenters. The van der Waals surface area contributed by atoms with Crippen molar-refractivity contribution in [2.45, 2.75) is 25.3 Å². The summed E-state index contributed by atoms with van der Waals surface area (Å²) in [6.45, 7) is 0.171. The average molecular weight is 350 g/mol. The van der Waals surface area contributed by atoms with Crippen molar-refractivity contribution >= 4 is 34.0 Å². The molecule has 0 spiro atoms. The summed E-state index contributed by atoms with van der Waals surface area (Å²) in [5, 5.41) is 12.5. The second-order valence-corrected chi connectivity index (χ2v) is 5.64. The third-order valence-electron chi connectivity index (χ3n) is 3.33. The van der Waals surface area contributed by atoms with Crippen LogP contribution in [0.1, 0.15) is 19.3 Å². The first-order valence-corrected chi connectivity index (χ1v) is 6.81. The molecular weight excluding hydrogens is 334 g/mol. The molecule has 1 fully saturated rings. The molecule has 5 heteroatoms. The highest BCUT2D eigenvalue weighted by molar-refractivity contribution is 14.1. The Labute approximate surface area is 114 Å². The molecule has 1 aliphatic carbocycles. The first kappa shape index (κ1) is 12.9. The summed E-state index contributed by atoms with van der Waals surface area (Å²) < 4.78 is 14.0. The standard InChI is InChI=1S/C12H16FIN2O/c13-8-4-12(10(15)5-9(8)14)16-11-3-1-2-7(11)6-17/h4-5,7,11,16-17H,1-3,6,15H2. The number of aliphatic hydroxyl groups is 1. The van der Waals surface area contributed by atoms with Crippen LogP contribution in [0, 0.1) is 15.3 Å². The molecule has 17 heavy (non-hydrogen) atoms. The molecule has 4 N–H and O–H groups in total. The number of hydrogen-bond donors (Lipinski definition) is 3. The van der Waals surface area contributed by atoms with E-state index in [9.17, 15) is 9.50 Å². The molecule has 1 aliphatic rings. The Morgan fingerprint density at radius 1 is 1.47 bits per heavy atom. The van der Waals surface area contributed by atoms with Crippen molar-refractivity contribution in [2.75, 3.05) is 17.7 Å². The molecule has 1 saturated carbocycles. The van der Waals surface area contributed by atoms with Gasteiger partial charge in [-0.15, -0.1) is 0 Å². The van der Waals surface area contributed by atoms with Gasteiger partial charge in [0.05, 0.1) is 14.9 Å². The van der Waals surface area contributed by atoms with E-state index in [1.165, 1.54) is 6.07 Å². The van der Waals surface area contributed by atoms with Crippen LogP contribution in [0.25, 0.3) is 0 Å². The second kappa shape index (κ2) is 5.39. The number of halogens is 2. The lowest BCUT2D eigenvalue weighted by Gasteiger charge is -2.21. The Hall–Kier alpha value is -0.560. The molecule has 0 aromatic heterocycles. The summed E-state index contributed by atoms with van der Waals surface area (Å²) in [5.74, 6) is -0.0161. The van der Waals surface area contributed by atoms with Gasteiger partial charge < -0.3 is 16.2 Å². The largest absolute Gasteiger partial charge is 0.397 e. The van der Waals surface area contributed by atoms with Crippen LogP contribution in [0.4, 0.5) is 15.8 Å². The van der Waals surface area contributed by atoms with Crippen LogP contribution in [0.2, 0.25) is 0 Å². The van der Waals surface area contributed by atoms with Crippen LogP contribution in [-0.2, 0) is 0 Å². The van der Waals surface area contributed by atoms with Gasteiger partial charge in [0.25, 0.3) is 0 Å². The zero-order chi connectivity index (χ0) is 12.4. The number of nitrogen functional groups attached to an aromatic ring is 1. The number of aliphatic hydroxyl groups excluding tert-OH is 1. The van der Waals surface area contributed by atoms with E-state index in [4.69, 9.17) is 5.73 Å². The topological polar surface area (TPSA) is 58.3 Å². The van der Waals surface area contributed by atoms with Gasteiger partial charge >= 0.3 is 0 Å². The van der Waals surface area contributed by atoms with E-state index in [1.54, 1.807) is 6.07 Å². The van der Waals surface area contributed by atoms with E-state index in [0.717, 1.165) is 19.3 Å². The van der Waals surface area contributed by atoms with Gasteiger partial charge in [-0.25, -0.2) is 4.39 Å². The number of nitrogens with one attached hydrogen (secondary N) is 1. The van der Waals surface area contributed by atoms with Gasteiger partial charge in [0, 0.05) is 24.6 Å². The summed E-state index contributed by atoms with van der Waals surface area (Å²) >= 11 is 1.92. The molecule has 0 radical (unpaired) electrons. The van der Waals surface area contributed by atoms with Crippen molar-refractivity contribution in [1.29, 1.82) is 0 Å². The first-order valence-electron chi connectivity index (χ1n) is 5.73. The Balaban J connectivity index is 2.15. The van der Waals surface area contributed by atoms with E-state index in [-0.39, 0.29) is 24.4 Å². The van der Waals surface area contributed by atoms with E-state index in [1.807, 2.05) is 22.6 Å². The molecule has 0 amide bonds. The smallest absolute Gasteiger partial charge is 0.138 e. The van der Waals surface area contributed by atoms with Gasteiger partial charge in [-0.2, -0.15) is 0 Å². The van der Waals surface area contributed by atoms with E-state index in [2.05, 4.69) is 5.32 Å². The minimum absolute atomic E-state index is 0.171. The summed E-state index contributed by atoms with van der Waals surface area (Å²) in [4.78, 5) is 0. The number of benzene rings is 1. The summed E-state index contributed by atoms with van der Waals surface area (Å²) in [7, 11) is 0. The second-order valence-electron chi connectivity index (χ2n) is 4.48. The lowest BCUT2D eigenvalue weighted by molar-refractivity contribution is 0.222. The number of anilines is 2. The molecule has 0 aliphatic heterocycles. The van der Waals surface area contributed by atoms with Crippen LogP contribution in [0.15, 0.2) is 12.1 Å². The molecular formula is C12H16FIN2O. The van der Waals surface area contributed by atoms with Crippen molar-refractivity contribution in [3.63, 3.8) is 0 Å². The van der Waals surface area contributed by atoms with Crippen LogP contribution >= 0.6 is 22.6 Å². The summed E-state index contributed by atoms with van der Waals surface area (Å²) in [5.41, 5.74) is 7.05. The predicted molar refractivity (Wildman–Crippen MR) is 75.4 cm³/mol. The Kier molecular flexibility index (Phi) is 4.09. The van der Waals surface area contributed by atoms with Crippen molar-refractivity contribution in [3.8, 4) is 0 Å². The molecule has 2 unspecified atom stereocenters. The van der Waals surface area contributed by atoms with E-state index in [0.29, 0.717) is 14.9 Å². The maximum absolute atomic E-state index is 13.5. The maximum Gasteiger partial charge on any atom is 0.138 e. The SMILES string of the molecule is Nc1cc(I)c(F)cc1NC1CCCC1CO. The Morgan fingerprint density at radius 3 is 2.94 bits per heavy atom. The summed E-state index contributed by atoms with van der Waals surface area (Å²) in [6, 6.07) is 3.26. The predicted octanol–water partition coefficient (Wildman–Crippen LogP) is 2.59. The zero-order valence-corrected chi connectivity index (χ0v) is 11.6. The van der Waals surface area contributed by atoms with E-state index >= 15 is 0 Å². The normalized spacial score (nSPS) is 23.9. The van der Waals surface area contributed by atoms with Crippen molar-refractivity contribution in [3.05, 3.63) is 21.5 Å². The highest BCUT2D eigenvalue weighted by Gasteiger charge is 2.26. The van der Waals surface area contributed by atoms with Gasteiger partial charge in [0.1, 0.15) is 5.82 Å². The van der Waals surface area contributed by atoms with Gasteiger partial charge in [-0.3, -0.25) is 0 Å². The molecule has 0 bridgehead atoms. The lowest BCUT2D eigenvalue weighted by atomic mass is 10.0. The zero-order valence-electron chi connectivity index (χ0n) is 9.42. The Morgan fingerprint density at radius 2 is 2.24 bits per heavy atom. The molecule has 0 saturated heterocycles. The van der Waals surface area contributed by atoms with Gasteiger partial charge in [-0.05, 0) is 41.5 Å². The summed E-state index contributed by atoms with van der Waals surface area (Å²) in [6.07, 6.45) is 3.11. The van der Waals surface area contributed by atoms with Gasteiger partial charge in [-0.1, -0.05) is 6.42 Å². The quantitative estimate of drug-likeness (QED) is 0.580. The van der Waals surface area contributed by atoms with E-state index < -0.39 is 0 Å². The van der Waals surface area contributed by atoms with Crippen molar-refractivity contribution in [1.82, 2.24) is 0 Å². The number of hydrogen-bond acceptors (Lipinski definition) is 3. The first-order chi connectivity index (χ1) is 8.11. The monoisotopic (exact) mass is 350 g/mol. The molecule has 0 heterocycles.